The summed E-state index contributed by atoms with van der Waals surface area (Å²) >= 11 is 0. The molecule has 1 aliphatic heterocycles. The Morgan fingerprint density at radius 3 is 2.13 bits per heavy atom. The Kier molecular flexibility index (Phi) is 5.81. The van der Waals surface area contributed by atoms with Gasteiger partial charge in [0.1, 0.15) is 17.6 Å². The van der Waals surface area contributed by atoms with Crippen LogP contribution in [0.1, 0.15) is 22.9 Å². The van der Waals surface area contributed by atoms with Crippen molar-refractivity contribution in [2.45, 2.75) is 6.17 Å². The molecule has 212 valence electrons. The highest BCUT2D eigenvalue weighted by molar-refractivity contribution is 6.15. The average molecular weight is 579 g/mol. The van der Waals surface area contributed by atoms with Crippen molar-refractivity contribution in [3.8, 4) is 11.1 Å². The second kappa shape index (κ2) is 10.3. The number of aliphatic imine (C=N–C) groups is 2. The summed E-state index contributed by atoms with van der Waals surface area (Å²) < 4.78 is 6.26. The summed E-state index contributed by atoms with van der Waals surface area (Å²) in [6.07, 6.45) is 1.53. The van der Waals surface area contributed by atoms with Gasteiger partial charge >= 0.3 is 0 Å². The Balaban J connectivity index is 1.17. The van der Waals surface area contributed by atoms with Gasteiger partial charge in [-0.3, -0.25) is 0 Å². The molecule has 0 spiro atoms. The lowest BCUT2D eigenvalue weighted by Gasteiger charge is -2.24. The number of hydrogen-bond acceptors (Lipinski definition) is 5. The Bertz CT molecular complexity index is 2460. The second-order valence-electron chi connectivity index (χ2n) is 11.3. The van der Waals surface area contributed by atoms with Gasteiger partial charge in [-0.15, -0.1) is 0 Å². The summed E-state index contributed by atoms with van der Waals surface area (Å²) in [4.78, 5) is 14.7. The number of pyridine rings is 1. The summed E-state index contributed by atoms with van der Waals surface area (Å²) in [6, 6.07) is 48.2. The highest BCUT2D eigenvalue weighted by atomic mass is 16.3. The summed E-state index contributed by atoms with van der Waals surface area (Å²) in [5.41, 5.74) is 6.80. The Morgan fingerprint density at radius 2 is 1.31 bits per heavy atom. The van der Waals surface area contributed by atoms with Crippen LogP contribution in [0.3, 0.4) is 0 Å². The molecule has 0 aliphatic carbocycles. The molecule has 5 heteroatoms. The van der Waals surface area contributed by atoms with Crippen LogP contribution in [0.25, 0.3) is 54.7 Å². The van der Waals surface area contributed by atoms with Gasteiger partial charge in [-0.25, -0.2) is 15.0 Å². The minimum Gasteiger partial charge on any atom is -0.438 e. The maximum atomic E-state index is 6.26. The minimum absolute atomic E-state index is 0.304. The summed E-state index contributed by atoms with van der Waals surface area (Å²) in [5.74, 6) is 1.52. The predicted octanol–water partition coefficient (Wildman–Crippen LogP) is 9.45. The molecule has 2 aromatic heterocycles. The van der Waals surface area contributed by atoms with Crippen molar-refractivity contribution in [2.75, 3.05) is 0 Å². The number of nitrogens with zero attached hydrogens (tertiary/aromatic N) is 3. The fraction of sp³-hybridized carbons (Fsp3) is 0.0250. The Labute approximate surface area is 259 Å². The van der Waals surface area contributed by atoms with Crippen molar-refractivity contribution in [2.24, 2.45) is 9.98 Å². The molecule has 1 aliphatic rings. The fourth-order valence-corrected chi connectivity index (χ4v) is 6.41. The van der Waals surface area contributed by atoms with Gasteiger partial charge in [-0.05, 0) is 56.9 Å². The highest BCUT2D eigenvalue weighted by Gasteiger charge is 2.23. The lowest BCUT2D eigenvalue weighted by molar-refractivity contribution is 0.654. The fourth-order valence-electron chi connectivity index (χ4n) is 6.41. The smallest absolute Gasteiger partial charge is 0.227 e. The molecule has 1 atom stereocenters. The van der Waals surface area contributed by atoms with E-state index in [1.807, 2.05) is 42.6 Å². The molecule has 8 aromatic rings. The van der Waals surface area contributed by atoms with E-state index >= 15 is 0 Å². The van der Waals surface area contributed by atoms with Gasteiger partial charge < -0.3 is 9.73 Å². The number of nitrogens with one attached hydrogen (secondary N) is 1. The molecule has 0 radical (unpaired) electrons. The first-order chi connectivity index (χ1) is 22.3. The number of benzene rings is 6. The van der Waals surface area contributed by atoms with Crippen molar-refractivity contribution < 1.29 is 4.42 Å². The van der Waals surface area contributed by atoms with E-state index in [9.17, 15) is 0 Å². The van der Waals surface area contributed by atoms with Crippen LogP contribution in [0.15, 0.2) is 160 Å². The summed E-state index contributed by atoms with van der Waals surface area (Å²) in [7, 11) is 0. The predicted molar refractivity (Wildman–Crippen MR) is 184 cm³/mol. The number of fused-ring (bicyclic) bond motifs is 5. The van der Waals surface area contributed by atoms with Crippen LogP contribution in [-0.2, 0) is 0 Å². The van der Waals surface area contributed by atoms with E-state index < -0.39 is 0 Å². The SMILES string of the molecule is c1ccc(C2=NC(c3cccc4cc(-c5ccnc6oc7cc8ccccc8cc7c56)ccc34)NC(c3ccccc3)=N2)cc1. The van der Waals surface area contributed by atoms with Crippen LogP contribution in [0.4, 0.5) is 0 Å². The molecule has 6 aromatic carbocycles. The van der Waals surface area contributed by atoms with E-state index in [2.05, 4.69) is 113 Å². The van der Waals surface area contributed by atoms with E-state index in [0.717, 1.165) is 66.2 Å². The molecule has 0 bridgehead atoms. The third-order valence-electron chi connectivity index (χ3n) is 8.58. The molecule has 0 amide bonds. The summed E-state index contributed by atoms with van der Waals surface area (Å²) in [6.45, 7) is 0. The van der Waals surface area contributed by atoms with Crippen molar-refractivity contribution in [3.63, 3.8) is 0 Å². The molecular formula is C40H26N4O. The number of hydrogen-bond donors (Lipinski definition) is 1. The monoisotopic (exact) mass is 578 g/mol. The molecule has 45 heavy (non-hydrogen) atoms. The number of aromatic nitrogens is 1. The molecule has 3 heterocycles. The van der Waals surface area contributed by atoms with Gasteiger partial charge in [0.15, 0.2) is 5.84 Å². The van der Waals surface area contributed by atoms with Crippen molar-refractivity contribution in [3.05, 3.63) is 162 Å². The van der Waals surface area contributed by atoms with Crippen LogP contribution in [0.2, 0.25) is 0 Å². The van der Waals surface area contributed by atoms with Gasteiger partial charge in [-0.1, -0.05) is 115 Å². The first kappa shape index (κ1) is 25.4. The first-order valence-corrected chi connectivity index (χ1v) is 15.1. The molecule has 5 nitrogen and oxygen atoms in total. The lowest BCUT2D eigenvalue weighted by Crippen LogP contribution is -2.33. The van der Waals surface area contributed by atoms with Gasteiger partial charge in [0.05, 0.1) is 5.39 Å². The van der Waals surface area contributed by atoms with Gasteiger partial charge in [0.2, 0.25) is 5.71 Å². The van der Waals surface area contributed by atoms with Gasteiger partial charge in [0.25, 0.3) is 0 Å². The molecule has 0 saturated carbocycles. The molecule has 0 fully saturated rings. The van der Waals surface area contributed by atoms with Crippen LogP contribution < -0.4 is 5.32 Å². The van der Waals surface area contributed by atoms with E-state index in [-0.39, 0.29) is 6.17 Å². The zero-order chi connectivity index (χ0) is 29.7. The zero-order valence-electron chi connectivity index (χ0n) is 24.2. The Hall–Kier alpha value is -6.07. The highest BCUT2D eigenvalue weighted by Crippen LogP contribution is 2.39. The number of rotatable bonds is 4. The second-order valence-corrected chi connectivity index (χ2v) is 11.3. The topological polar surface area (TPSA) is 62.8 Å². The molecule has 1 N–H and O–H groups in total. The van der Waals surface area contributed by atoms with Crippen LogP contribution in [0, 0.1) is 0 Å². The van der Waals surface area contributed by atoms with E-state index in [1.165, 1.54) is 5.39 Å². The van der Waals surface area contributed by atoms with E-state index in [1.54, 1.807) is 0 Å². The summed E-state index contributed by atoms with van der Waals surface area (Å²) in [5, 5.41) is 10.3. The third kappa shape index (κ3) is 4.36. The quantitative estimate of drug-likeness (QED) is 0.226. The van der Waals surface area contributed by atoms with Crippen molar-refractivity contribution in [1.29, 1.82) is 0 Å². The standard InChI is InChI=1S/C40H26N4O/c1-3-10-25(11-4-1)37-42-38(26-12-5-2-6-13-26)44-39(43-37)33-17-9-16-29-22-30(18-19-31(29)33)32-20-21-41-40-36(32)34-23-27-14-7-8-15-28(27)24-35(34)45-40/h1-24,39H,(H,42,43,44). The first-order valence-electron chi connectivity index (χ1n) is 15.1. The molecule has 0 saturated heterocycles. The van der Waals surface area contributed by atoms with Crippen LogP contribution in [0.5, 0.6) is 0 Å². The van der Waals surface area contributed by atoms with E-state index in [4.69, 9.17) is 14.4 Å². The number of amidine groups is 2. The third-order valence-corrected chi connectivity index (χ3v) is 8.58. The van der Waals surface area contributed by atoms with Crippen molar-refractivity contribution >= 4 is 55.3 Å². The maximum Gasteiger partial charge on any atom is 0.227 e. The average Bonchev–Trinajstić information content (AvgIpc) is 3.48. The van der Waals surface area contributed by atoms with Crippen LogP contribution >= 0.6 is 0 Å². The van der Waals surface area contributed by atoms with Gasteiger partial charge in [-0.2, -0.15) is 0 Å². The normalized spacial score (nSPS) is 14.9. The Morgan fingerprint density at radius 1 is 0.578 bits per heavy atom. The van der Waals surface area contributed by atoms with Gasteiger partial charge in [0, 0.05) is 28.3 Å². The number of furan rings is 1. The maximum absolute atomic E-state index is 6.26. The zero-order valence-corrected chi connectivity index (χ0v) is 24.2. The largest absolute Gasteiger partial charge is 0.438 e. The van der Waals surface area contributed by atoms with Crippen molar-refractivity contribution in [1.82, 2.24) is 10.3 Å². The molecular weight excluding hydrogens is 552 g/mol. The molecule has 1 unspecified atom stereocenters. The van der Waals surface area contributed by atoms with E-state index in [0.29, 0.717) is 11.5 Å². The lowest BCUT2D eigenvalue weighted by atomic mass is 9.95. The molecule has 9 rings (SSSR count). The minimum atomic E-state index is -0.304. The van der Waals surface area contributed by atoms with Crippen LogP contribution in [-0.4, -0.2) is 16.7 Å².